The summed E-state index contributed by atoms with van der Waals surface area (Å²) in [5.74, 6) is 0. The normalized spacial score (nSPS) is 16.5. The minimum Gasteiger partial charge on any atom is -0.384 e. The third-order valence-corrected chi connectivity index (χ3v) is 4.79. The Kier molecular flexibility index (Phi) is 3.32. The Morgan fingerprint density at radius 3 is 2.86 bits per heavy atom. The van der Waals surface area contributed by atoms with Gasteiger partial charge in [0, 0.05) is 31.9 Å². The predicted octanol–water partition coefficient (Wildman–Crippen LogP) is 3.08. The quantitative estimate of drug-likeness (QED) is 0.923. The Bertz CT molecular complexity index is 758. The fourth-order valence-corrected chi connectivity index (χ4v) is 3.69. The number of nitriles is 1. The number of nitrogens with zero attached hydrogens (tertiary/aromatic N) is 2. The van der Waals surface area contributed by atoms with E-state index in [9.17, 15) is 5.26 Å². The van der Waals surface area contributed by atoms with Crippen molar-refractivity contribution < 1.29 is 0 Å². The summed E-state index contributed by atoms with van der Waals surface area (Å²) >= 11 is 0. The first kappa shape index (κ1) is 13.4. The van der Waals surface area contributed by atoms with Crippen molar-refractivity contribution in [2.75, 3.05) is 18.4 Å². The average Bonchev–Trinajstić information content (AvgIpc) is 3.04. The second-order valence-corrected chi connectivity index (χ2v) is 6.14. The van der Waals surface area contributed by atoms with Crippen molar-refractivity contribution in [2.24, 2.45) is 0 Å². The summed E-state index contributed by atoms with van der Waals surface area (Å²) in [6, 6.07) is 15.1. The topological polar surface area (TPSA) is 39.1 Å². The van der Waals surface area contributed by atoms with Gasteiger partial charge in [0.2, 0.25) is 0 Å². The third-order valence-electron chi connectivity index (χ3n) is 4.79. The van der Waals surface area contributed by atoms with Gasteiger partial charge < -0.3 is 5.32 Å². The van der Waals surface area contributed by atoms with Crippen molar-refractivity contribution in [3.05, 3.63) is 64.2 Å². The maximum atomic E-state index is 9.23. The molecule has 2 aliphatic heterocycles. The molecule has 0 radical (unpaired) electrons. The third kappa shape index (κ3) is 2.26. The average molecular weight is 289 g/mol. The molecule has 0 amide bonds. The van der Waals surface area contributed by atoms with Crippen LogP contribution in [0.1, 0.15) is 27.8 Å². The molecule has 0 saturated carbocycles. The van der Waals surface area contributed by atoms with E-state index < -0.39 is 0 Å². The van der Waals surface area contributed by atoms with Gasteiger partial charge >= 0.3 is 0 Å². The van der Waals surface area contributed by atoms with Crippen LogP contribution in [0, 0.1) is 11.3 Å². The van der Waals surface area contributed by atoms with Gasteiger partial charge in [-0.1, -0.05) is 30.3 Å². The van der Waals surface area contributed by atoms with E-state index in [1.807, 2.05) is 12.1 Å². The van der Waals surface area contributed by atoms with Crippen molar-refractivity contribution in [1.82, 2.24) is 4.90 Å². The molecule has 4 rings (SSSR count). The molecular weight excluding hydrogens is 270 g/mol. The molecule has 0 fully saturated rings. The molecule has 0 aromatic heterocycles. The van der Waals surface area contributed by atoms with E-state index in [0.717, 1.165) is 44.6 Å². The van der Waals surface area contributed by atoms with Crippen molar-refractivity contribution in [3.8, 4) is 6.07 Å². The summed E-state index contributed by atoms with van der Waals surface area (Å²) < 4.78 is 0. The molecule has 3 nitrogen and oxygen atoms in total. The van der Waals surface area contributed by atoms with Crippen LogP contribution in [0.3, 0.4) is 0 Å². The van der Waals surface area contributed by atoms with Crippen LogP contribution in [0.25, 0.3) is 0 Å². The maximum Gasteiger partial charge on any atom is 0.0994 e. The van der Waals surface area contributed by atoms with E-state index in [1.54, 1.807) is 0 Å². The number of benzene rings is 2. The van der Waals surface area contributed by atoms with E-state index in [4.69, 9.17) is 0 Å². The van der Waals surface area contributed by atoms with Crippen LogP contribution in [0.2, 0.25) is 0 Å². The van der Waals surface area contributed by atoms with Gasteiger partial charge in [-0.25, -0.2) is 0 Å². The van der Waals surface area contributed by atoms with Crippen LogP contribution in [0.15, 0.2) is 36.4 Å². The summed E-state index contributed by atoms with van der Waals surface area (Å²) in [7, 11) is 0. The molecule has 2 heterocycles. The SMILES string of the molecule is N#Cc1cccc2c1CCN(Cc1cccc3c1NCC3)C2. The maximum absolute atomic E-state index is 9.23. The van der Waals surface area contributed by atoms with Crippen molar-refractivity contribution in [2.45, 2.75) is 25.9 Å². The second kappa shape index (κ2) is 5.47. The highest BCUT2D eigenvalue weighted by Crippen LogP contribution is 2.29. The zero-order valence-corrected chi connectivity index (χ0v) is 12.6. The standard InChI is InChI=1S/C19H19N3/c20-11-15-4-2-5-16-12-22(10-8-18(15)16)13-17-6-1-3-14-7-9-21-19(14)17/h1-6,21H,7-10,12-13H2. The lowest BCUT2D eigenvalue weighted by molar-refractivity contribution is 0.246. The van der Waals surface area contributed by atoms with Gasteiger partial charge in [0.1, 0.15) is 0 Å². The molecule has 1 N–H and O–H groups in total. The molecule has 0 bridgehead atoms. The molecule has 3 heteroatoms. The van der Waals surface area contributed by atoms with Crippen LogP contribution < -0.4 is 5.32 Å². The summed E-state index contributed by atoms with van der Waals surface area (Å²) in [6.45, 7) is 4.00. The Morgan fingerprint density at radius 1 is 1.09 bits per heavy atom. The van der Waals surface area contributed by atoms with Gasteiger partial charge in [0.25, 0.3) is 0 Å². The predicted molar refractivity (Wildman–Crippen MR) is 87.6 cm³/mol. The first-order valence-electron chi connectivity index (χ1n) is 7.93. The zero-order chi connectivity index (χ0) is 14.9. The van der Waals surface area contributed by atoms with Gasteiger partial charge in [0.05, 0.1) is 11.6 Å². The highest BCUT2D eigenvalue weighted by atomic mass is 15.1. The molecule has 0 saturated heterocycles. The number of hydrogen-bond donors (Lipinski definition) is 1. The minimum atomic E-state index is 0.847. The number of fused-ring (bicyclic) bond motifs is 2. The molecule has 2 aromatic carbocycles. The van der Waals surface area contributed by atoms with Crippen LogP contribution >= 0.6 is 0 Å². The van der Waals surface area contributed by atoms with Crippen LogP contribution in [0.5, 0.6) is 0 Å². The van der Waals surface area contributed by atoms with Gasteiger partial charge in [-0.15, -0.1) is 0 Å². The van der Waals surface area contributed by atoms with Crippen molar-refractivity contribution >= 4 is 5.69 Å². The molecule has 2 aromatic rings. The summed E-state index contributed by atoms with van der Waals surface area (Å²) in [5.41, 5.74) is 7.60. The molecule has 0 aliphatic carbocycles. The lowest BCUT2D eigenvalue weighted by Crippen LogP contribution is -2.30. The number of nitrogens with one attached hydrogen (secondary N) is 1. The molecule has 0 atom stereocenters. The molecule has 22 heavy (non-hydrogen) atoms. The van der Waals surface area contributed by atoms with E-state index >= 15 is 0 Å². The van der Waals surface area contributed by atoms with Crippen molar-refractivity contribution in [3.63, 3.8) is 0 Å². The van der Waals surface area contributed by atoms with E-state index in [-0.39, 0.29) is 0 Å². The van der Waals surface area contributed by atoms with Gasteiger partial charge in [-0.3, -0.25) is 4.90 Å². The fraction of sp³-hybridized carbons (Fsp3) is 0.316. The first-order valence-corrected chi connectivity index (χ1v) is 7.93. The largest absolute Gasteiger partial charge is 0.384 e. The molecule has 2 aliphatic rings. The number of para-hydroxylation sites is 1. The zero-order valence-electron chi connectivity index (χ0n) is 12.6. The number of anilines is 1. The monoisotopic (exact) mass is 289 g/mol. The van der Waals surface area contributed by atoms with E-state index in [1.165, 1.54) is 27.9 Å². The number of hydrogen-bond acceptors (Lipinski definition) is 3. The van der Waals surface area contributed by atoms with Crippen LogP contribution in [-0.2, 0) is 25.9 Å². The van der Waals surface area contributed by atoms with Crippen LogP contribution in [-0.4, -0.2) is 18.0 Å². The first-order chi connectivity index (χ1) is 10.8. The molecule has 0 unspecified atom stereocenters. The van der Waals surface area contributed by atoms with E-state index in [0.29, 0.717) is 0 Å². The molecular formula is C19H19N3. The second-order valence-electron chi connectivity index (χ2n) is 6.14. The summed E-state index contributed by atoms with van der Waals surface area (Å²) in [4.78, 5) is 2.49. The Hall–Kier alpha value is -2.31. The summed E-state index contributed by atoms with van der Waals surface area (Å²) in [5, 5.41) is 12.8. The Morgan fingerprint density at radius 2 is 1.95 bits per heavy atom. The number of rotatable bonds is 2. The smallest absolute Gasteiger partial charge is 0.0994 e. The lowest BCUT2D eigenvalue weighted by atomic mass is 9.94. The highest BCUT2D eigenvalue weighted by molar-refractivity contribution is 5.61. The van der Waals surface area contributed by atoms with E-state index in [2.05, 4.69) is 40.6 Å². The van der Waals surface area contributed by atoms with Gasteiger partial charge in [-0.05, 0) is 41.2 Å². The lowest BCUT2D eigenvalue weighted by Gasteiger charge is -2.29. The highest BCUT2D eigenvalue weighted by Gasteiger charge is 2.21. The Balaban J connectivity index is 1.57. The summed E-state index contributed by atoms with van der Waals surface area (Å²) in [6.07, 6.45) is 2.11. The molecule has 110 valence electrons. The van der Waals surface area contributed by atoms with Crippen molar-refractivity contribution in [1.29, 1.82) is 5.26 Å². The minimum absolute atomic E-state index is 0.847. The van der Waals surface area contributed by atoms with Gasteiger partial charge in [-0.2, -0.15) is 5.26 Å². The fourth-order valence-electron chi connectivity index (χ4n) is 3.69. The Labute approximate surface area is 131 Å². The van der Waals surface area contributed by atoms with Crippen LogP contribution in [0.4, 0.5) is 5.69 Å². The van der Waals surface area contributed by atoms with Gasteiger partial charge in [0.15, 0.2) is 0 Å². The molecule has 0 spiro atoms.